The highest BCUT2D eigenvalue weighted by Crippen LogP contribution is 2.37. The Labute approximate surface area is 106 Å². The van der Waals surface area contributed by atoms with Crippen LogP contribution in [0.2, 0.25) is 5.28 Å². The van der Waals surface area contributed by atoms with Crippen LogP contribution in [0.15, 0.2) is 0 Å². The summed E-state index contributed by atoms with van der Waals surface area (Å²) in [6.45, 7) is 3.14. The number of hydrogen-bond donors (Lipinski definition) is 1. The smallest absolute Gasteiger partial charge is 0.322 e. The van der Waals surface area contributed by atoms with Gasteiger partial charge in [0.1, 0.15) is 0 Å². The second-order valence-corrected chi connectivity index (χ2v) is 5.12. The van der Waals surface area contributed by atoms with Gasteiger partial charge in [-0.1, -0.05) is 19.8 Å². The normalized spacial score (nSPS) is 18.1. The monoisotopic (exact) mass is 256 g/mol. The average molecular weight is 257 g/mol. The molecule has 0 aromatic carbocycles. The molecule has 1 fully saturated rings. The lowest BCUT2D eigenvalue weighted by Gasteiger charge is -2.23. The fourth-order valence-electron chi connectivity index (χ4n) is 2.20. The second-order valence-electron chi connectivity index (χ2n) is 4.79. The van der Waals surface area contributed by atoms with Crippen molar-refractivity contribution in [1.29, 1.82) is 0 Å². The van der Waals surface area contributed by atoms with Gasteiger partial charge < -0.3 is 10.1 Å². The summed E-state index contributed by atoms with van der Waals surface area (Å²) in [4.78, 5) is 12.0. The molecule has 0 amide bonds. The Morgan fingerprint density at radius 3 is 2.65 bits per heavy atom. The van der Waals surface area contributed by atoms with Crippen LogP contribution in [0.4, 0.5) is 5.95 Å². The maximum absolute atomic E-state index is 5.78. The van der Waals surface area contributed by atoms with E-state index in [1.54, 1.807) is 0 Å². The van der Waals surface area contributed by atoms with Gasteiger partial charge in [-0.3, -0.25) is 0 Å². The molecule has 0 spiro atoms. The third-order valence-corrected chi connectivity index (χ3v) is 3.42. The van der Waals surface area contributed by atoms with Crippen molar-refractivity contribution in [3.8, 4) is 6.01 Å². The quantitative estimate of drug-likeness (QED) is 0.897. The van der Waals surface area contributed by atoms with E-state index in [4.69, 9.17) is 16.3 Å². The summed E-state index contributed by atoms with van der Waals surface area (Å²) in [5.74, 6) is 0.481. The molecule has 0 unspecified atom stereocenters. The van der Waals surface area contributed by atoms with Gasteiger partial charge in [0.05, 0.1) is 7.11 Å². The molecule has 0 radical (unpaired) electrons. The third kappa shape index (κ3) is 3.19. The summed E-state index contributed by atoms with van der Waals surface area (Å²) in [6, 6.07) is 0.240. The lowest BCUT2D eigenvalue weighted by atomic mass is 9.89. The molecule has 94 valence electrons. The fraction of sp³-hybridized carbons (Fsp3) is 0.727. The van der Waals surface area contributed by atoms with Crippen molar-refractivity contribution in [3.63, 3.8) is 0 Å². The van der Waals surface area contributed by atoms with E-state index in [1.165, 1.54) is 32.8 Å². The van der Waals surface area contributed by atoms with Gasteiger partial charge in [-0.05, 0) is 29.9 Å². The van der Waals surface area contributed by atoms with Crippen molar-refractivity contribution in [2.45, 2.75) is 32.6 Å². The molecule has 0 saturated heterocycles. The highest BCUT2D eigenvalue weighted by atomic mass is 35.5. The summed E-state index contributed by atoms with van der Waals surface area (Å²) >= 11 is 5.78. The zero-order chi connectivity index (χ0) is 12.3. The fourth-order valence-corrected chi connectivity index (χ4v) is 2.35. The predicted molar refractivity (Wildman–Crippen MR) is 66.5 cm³/mol. The molecular formula is C11H17ClN4O. The van der Waals surface area contributed by atoms with Crippen LogP contribution in [0.1, 0.15) is 32.6 Å². The van der Waals surface area contributed by atoms with Crippen LogP contribution in [-0.4, -0.2) is 28.6 Å². The van der Waals surface area contributed by atoms with Gasteiger partial charge in [-0.2, -0.15) is 15.0 Å². The van der Waals surface area contributed by atoms with Crippen LogP contribution in [0.5, 0.6) is 6.01 Å². The van der Waals surface area contributed by atoms with E-state index in [2.05, 4.69) is 27.2 Å². The van der Waals surface area contributed by atoms with Crippen LogP contribution < -0.4 is 10.1 Å². The molecule has 0 aliphatic heterocycles. The van der Waals surface area contributed by atoms with Crippen molar-refractivity contribution < 1.29 is 4.74 Å². The Morgan fingerprint density at radius 2 is 2.00 bits per heavy atom. The van der Waals surface area contributed by atoms with Crippen molar-refractivity contribution in [2.75, 3.05) is 19.0 Å². The summed E-state index contributed by atoms with van der Waals surface area (Å²) < 4.78 is 4.95. The van der Waals surface area contributed by atoms with Gasteiger partial charge in [0.15, 0.2) is 0 Å². The molecule has 1 N–H and O–H groups in total. The zero-order valence-corrected chi connectivity index (χ0v) is 10.9. The average Bonchev–Trinajstić information content (AvgIpc) is 2.73. The Hall–Kier alpha value is -1.10. The predicted octanol–water partition coefficient (Wildman–Crippen LogP) is 2.53. The standard InChI is InChI=1S/C11H17ClN4O/c1-11(5-3-4-6-11)7-13-9-14-8(12)15-10(16-9)17-2/h3-7H2,1-2H3,(H,13,14,15,16). The first kappa shape index (κ1) is 12.4. The molecule has 0 atom stereocenters. The van der Waals surface area contributed by atoms with Crippen molar-refractivity contribution >= 4 is 17.5 Å². The number of ether oxygens (including phenoxy) is 1. The molecule has 6 heteroatoms. The van der Waals surface area contributed by atoms with Gasteiger partial charge in [0, 0.05) is 6.54 Å². The highest BCUT2D eigenvalue weighted by molar-refractivity contribution is 6.28. The first-order valence-corrected chi connectivity index (χ1v) is 6.19. The van der Waals surface area contributed by atoms with Crippen molar-refractivity contribution in [2.24, 2.45) is 5.41 Å². The summed E-state index contributed by atoms with van der Waals surface area (Å²) in [6.07, 6.45) is 5.10. The van der Waals surface area contributed by atoms with E-state index >= 15 is 0 Å². The van der Waals surface area contributed by atoms with Crippen LogP contribution in [0, 0.1) is 5.41 Å². The molecule has 1 heterocycles. The minimum absolute atomic E-state index is 0.149. The highest BCUT2D eigenvalue weighted by Gasteiger charge is 2.28. The topological polar surface area (TPSA) is 59.9 Å². The van der Waals surface area contributed by atoms with E-state index in [0.29, 0.717) is 11.4 Å². The van der Waals surface area contributed by atoms with E-state index in [-0.39, 0.29) is 11.3 Å². The first-order chi connectivity index (χ1) is 8.11. The van der Waals surface area contributed by atoms with Gasteiger partial charge in [-0.25, -0.2) is 0 Å². The number of nitrogens with one attached hydrogen (secondary N) is 1. The lowest BCUT2D eigenvalue weighted by molar-refractivity contribution is 0.359. The Kier molecular flexibility index (Phi) is 3.66. The Bertz CT molecular complexity index is 393. The number of anilines is 1. The molecule has 2 rings (SSSR count). The maximum Gasteiger partial charge on any atom is 0.322 e. The summed E-state index contributed by atoms with van der Waals surface area (Å²) in [5.41, 5.74) is 0.340. The number of rotatable bonds is 4. The van der Waals surface area contributed by atoms with E-state index < -0.39 is 0 Å². The summed E-state index contributed by atoms with van der Waals surface area (Å²) in [7, 11) is 1.51. The minimum atomic E-state index is 0.149. The van der Waals surface area contributed by atoms with Gasteiger partial charge >= 0.3 is 6.01 Å². The maximum atomic E-state index is 5.78. The molecule has 1 aromatic rings. The van der Waals surface area contributed by atoms with Crippen molar-refractivity contribution in [1.82, 2.24) is 15.0 Å². The molecule has 17 heavy (non-hydrogen) atoms. The van der Waals surface area contributed by atoms with Gasteiger partial charge in [-0.15, -0.1) is 0 Å². The van der Waals surface area contributed by atoms with Crippen molar-refractivity contribution in [3.05, 3.63) is 5.28 Å². The van der Waals surface area contributed by atoms with Gasteiger partial charge in [0.25, 0.3) is 0 Å². The SMILES string of the molecule is COc1nc(Cl)nc(NCC2(C)CCCC2)n1. The number of nitrogens with zero attached hydrogens (tertiary/aromatic N) is 3. The van der Waals surface area contributed by atoms with E-state index in [0.717, 1.165) is 6.54 Å². The Balaban J connectivity index is 2.00. The lowest BCUT2D eigenvalue weighted by Crippen LogP contribution is -2.24. The molecule has 5 nitrogen and oxygen atoms in total. The molecule has 1 aliphatic rings. The largest absolute Gasteiger partial charge is 0.467 e. The third-order valence-electron chi connectivity index (χ3n) is 3.25. The second kappa shape index (κ2) is 5.04. The number of aromatic nitrogens is 3. The van der Waals surface area contributed by atoms with Crippen LogP contribution in [-0.2, 0) is 0 Å². The van der Waals surface area contributed by atoms with Crippen LogP contribution in [0.3, 0.4) is 0 Å². The molecule has 1 aromatic heterocycles. The first-order valence-electron chi connectivity index (χ1n) is 5.81. The number of hydrogen-bond acceptors (Lipinski definition) is 5. The Morgan fingerprint density at radius 1 is 1.29 bits per heavy atom. The number of halogens is 1. The van der Waals surface area contributed by atoms with Crippen LogP contribution >= 0.6 is 11.6 Å². The van der Waals surface area contributed by atoms with Gasteiger partial charge in [0.2, 0.25) is 11.2 Å². The molecule has 1 aliphatic carbocycles. The molecule has 1 saturated carbocycles. The zero-order valence-electron chi connectivity index (χ0n) is 10.2. The van der Waals surface area contributed by atoms with Crippen LogP contribution in [0.25, 0.3) is 0 Å². The molecule has 0 bridgehead atoms. The van der Waals surface area contributed by atoms with E-state index in [1.807, 2.05) is 0 Å². The molecular weight excluding hydrogens is 240 g/mol. The minimum Gasteiger partial charge on any atom is -0.467 e. The van der Waals surface area contributed by atoms with E-state index in [9.17, 15) is 0 Å². The summed E-state index contributed by atoms with van der Waals surface area (Å²) in [5, 5.41) is 3.36. The number of methoxy groups -OCH3 is 1.